The Balaban J connectivity index is 1.64. The Bertz CT molecular complexity index is 1550. The summed E-state index contributed by atoms with van der Waals surface area (Å²) in [4.78, 5) is 39.9. The molecule has 37 heavy (non-hydrogen) atoms. The monoisotopic (exact) mass is 486 g/mol. The first-order valence-corrected chi connectivity index (χ1v) is 11.6. The van der Waals surface area contributed by atoms with Crippen LogP contribution in [-0.4, -0.2) is 27.5 Å². The molecule has 2 N–H and O–H groups in total. The van der Waals surface area contributed by atoms with Gasteiger partial charge in [-0.3, -0.25) is 14.9 Å². The maximum atomic E-state index is 13.9. The van der Waals surface area contributed by atoms with Crippen molar-refractivity contribution in [3.63, 3.8) is 0 Å². The lowest BCUT2D eigenvalue weighted by molar-refractivity contribution is 0.0949. The molecule has 0 bridgehead atoms. The molecular formula is C30H22N4O3. The van der Waals surface area contributed by atoms with E-state index in [9.17, 15) is 14.4 Å². The molecule has 0 saturated heterocycles. The molecule has 0 unspecified atom stereocenters. The van der Waals surface area contributed by atoms with E-state index in [2.05, 4.69) is 15.7 Å². The van der Waals surface area contributed by atoms with Crippen LogP contribution >= 0.6 is 0 Å². The molecule has 3 amide bonds. The smallest absolute Gasteiger partial charge is 0.308 e. The number of amides is 3. The molecule has 0 spiro atoms. The van der Waals surface area contributed by atoms with Gasteiger partial charge in [-0.15, -0.1) is 0 Å². The fourth-order valence-corrected chi connectivity index (χ4v) is 3.99. The first-order chi connectivity index (χ1) is 18.1. The second-order valence-electron chi connectivity index (χ2n) is 8.16. The van der Waals surface area contributed by atoms with Crippen LogP contribution in [0.1, 0.15) is 26.4 Å². The quantitative estimate of drug-likeness (QED) is 0.300. The van der Waals surface area contributed by atoms with Crippen molar-refractivity contribution in [2.75, 3.05) is 5.32 Å². The van der Waals surface area contributed by atoms with Crippen LogP contribution in [-0.2, 0) is 0 Å². The molecule has 0 aliphatic carbocycles. The number of imide groups is 1. The second-order valence-corrected chi connectivity index (χ2v) is 8.16. The Labute approximate surface area is 213 Å². The lowest BCUT2D eigenvalue weighted by Crippen LogP contribution is -2.35. The summed E-state index contributed by atoms with van der Waals surface area (Å²) >= 11 is 0. The first kappa shape index (κ1) is 23.4. The first-order valence-electron chi connectivity index (χ1n) is 11.6. The number of nitrogens with one attached hydrogen (secondary N) is 2. The van der Waals surface area contributed by atoms with Crippen molar-refractivity contribution < 1.29 is 14.4 Å². The number of nitrogens with zero attached hydrogens (tertiary/aromatic N) is 2. The number of hydrogen-bond acceptors (Lipinski definition) is 4. The Morgan fingerprint density at radius 2 is 1.19 bits per heavy atom. The summed E-state index contributed by atoms with van der Waals surface area (Å²) in [5.74, 6) is -1.17. The number of urea groups is 1. The van der Waals surface area contributed by atoms with Crippen LogP contribution in [0.25, 0.3) is 16.9 Å². The van der Waals surface area contributed by atoms with Gasteiger partial charge in [0.25, 0.3) is 5.91 Å². The van der Waals surface area contributed by atoms with E-state index in [1.807, 2.05) is 72.8 Å². The normalized spacial score (nSPS) is 10.5. The highest BCUT2D eigenvalue weighted by Gasteiger charge is 2.30. The standard InChI is InChI=1S/C30H22N4O3/c35-28(22-15-7-2-8-16-22)25-26(29(36)32-30(37)31-23-17-9-3-10-18-23)33-34(24-19-11-4-12-20-24)27(25)21-13-5-1-6-14-21/h1-20H,(H2,31,32,36,37). The fourth-order valence-electron chi connectivity index (χ4n) is 3.99. The molecule has 0 atom stereocenters. The van der Waals surface area contributed by atoms with E-state index < -0.39 is 11.9 Å². The molecule has 5 aromatic rings. The Hall–Kier alpha value is -5.30. The maximum absolute atomic E-state index is 13.9. The third-order valence-electron chi connectivity index (χ3n) is 5.67. The van der Waals surface area contributed by atoms with Gasteiger partial charge in [-0.2, -0.15) is 5.10 Å². The molecule has 7 heteroatoms. The lowest BCUT2D eigenvalue weighted by atomic mass is 9.97. The van der Waals surface area contributed by atoms with Gasteiger partial charge < -0.3 is 5.32 Å². The van der Waals surface area contributed by atoms with Crippen LogP contribution in [0.5, 0.6) is 0 Å². The molecule has 0 fully saturated rings. The Kier molecular flexibility index (Phi) is 6.67. The highest BCUT2D eigenvalue weighted by atomic mass is 16.2. The van der Waals surface area contributed by atoms with Gasteiger partial charge in [0.15, 0.2) is 11.5 Å². The zero-order valence-corrected chi connectivity index (χ0v) is 19.7. The van der Waals surface area contributed by atoms with E-state index in [1.165, 1.54) is 0 Å². The van der Waals surface area contributed by atoms with Crippen molar-refractivity contribution >= 4 is 23.4 Å². The molecule has 4 aromatic carbocycles. The molecular weight excluding hydrogens is 464 g/mol. The van der Waals surface area contributed by atoms with Crippen LogP contribution in [0.2, 0.25) is 0 Å². The predicted octanol–water partition coefficient (Wildman–Crippen LogP) is 5.73. The molecule has 0 aliphatic heterocycles. The van der Waals surface area contributed by atoms with Gasteiger partial charge in [0.1, 0.15) is 0 Å². The van der Waals surface area contributed by atoms with Gasteiger partial charge in [-0.1, -0.05) is 97.1 Å². The highest BCUT2D eigenvalue weighted by Crippen LogP contribution is 2.31. The Morgan fingerprint density at radius 3 is 1.81 bits per heavy atom. The lowest BCUT2D eigenvalue weighted by Gasteiger charge is -2.10. The van der Waals surface area contributed by atoms with Crippen molar-refractivity contribution in [1.82, 2.24) is 15.1 Å². The summed E-state index contributed by atoms with van der Waals surface area (Å²) in [5, 5.41) is 9.50. The topological polar surface area (TPSA) is 93.1 Å². The summed E-state index contributed by atoms with van der Waals surface area (Å²) in [5.41, 5.74) is 2.69. The van der Waals surface area contributed by atoms with Crippen LogP contribution in [0, 0.1) is 0 Å². The van der Waals surface area contributed by atoms with Crippen molar-refractivity contribution in [1.29, 1.82) is 0 Å². The predicted molar refractivity (Wildman–Crippen MR) is 142 cm³/mol. The summed E-state index contributed by atoms with van der Waals surface area (Å²) in [7, 11) is 0. The number of benzene rings is 4. The number of rotatable bonds is 6. The van der Waals surface area contributed by atoms with Crippen molar-refractivity contribution in [3.05, 3.63) is 138 Å². The van der Waals surface area contributed by atoms with Crippen molar-refractivity contribution in [2.45, 2.75) is 0 Å². The average molecular weight is 487 g/mol. The number of carbonyl (C=O) groups is 3. The number of anilines is 1. The summed E-state index contributed by atoms with van der Waals surface area (Å²) in [6.07, 6.45) is 0. The van der Waals surface area contributed by atoms with Gasteiger partial charge in [-0.25, -0.2) is 9.48 Å². The van der Waals surface area contributed by atoms with E-state index in [1.54, 1.807) is 53.2 Å². The van der Waals surface area contributed by atoms with Crippen LogP contribution in [0.15, 0.2) is 121 Å². The van der Waals surface area contributed by atoms with Crippen LogP contribution in [0.4, 0.5) is 10.5 Å². The summed E-state index contributed by atoms with van der Waals surface area (Å²) in [6, 6.07) is 35.2. The molecule has 5 rings (SSSR count). The van der Waals surface area contributed by atoms with E-state index in [-0.39, 0.29) is 17.0 Å². The molecule has 0 aliphatic rings. The number of carbonyl (C=O) groups excluding carboxylic acids is 3. The molecule has 7 nitrogen and oxygen atoms in total. The SMILES string of the molecule is O=C(NC(=O)c1nn(-c2ccccc2)c(-c2ccccc2)c1C(=O)c1ccccc1)Nc1ccccc1. The van der Waals surface area contributed by atoms with Gasteiger partial charge >= 0.3 is 6.03 Å². The van der Waals surface area contributed by atoms with Crippen molar-refractivity contribution in [2.24, 2.45) is 0 Å². The minimum atomic E-state index is -0.792. The second kappa shape index (κ2) is 10.5. The van der Waals surface area contributed by atoms with E-state index in [0.717, 1.165) is 0 Å². The third-order valence-corrected chi connectivity index (χ3v) is 5.67. The highest BCUT2D eigenvalue weighted by molar-refractivity contribution is 6.20. The van der Waals surface area contributed by atoms with E-state index >= 15 is 0 Å². The van der Waals surface area contributed by atoms with Gasteiger partial charge in [0.05, 0.1) is 16.9 Å². The number of hydrogen-bond donors (Lipinski definition) is 2. The molecule has 180 valence electrons. The number of aromatic nitrogens is 2. The maximum Gasteiger partial charge on any atom is 0.326 e. The van der Waals surface area contributed by atoms with Crippen LogP contribution in [0.3, 0.4) is 0 Å². The van der Waals surface area contributed by atoms with Gasteiger partial charge in [0, 0.05) is 16.8 Å². The molecule has 0 saturated carbocycles. The summed E-state index contributed by atoms with van der Waals surface area (Å²) in [6.45, 7) is 0. The zero-order valence-electron chi connectivity index (χ0n) is 19.7. The zero-order chi connectivity index (χ0) is 25.6. The van der Waals surface area contributed by atoms with Crippen molar-refractivity contribution in [3.8, 4) is 16.9 Å². The van der Waals surface area contributed by atoms with Gasteiger partial charge in [-0.05, 0) is 24.3 Å². The van der Waals surface area contributed by atoms with E-state index in [0.29, 0.717) is 28.2 Å². The molecule has 1 heterocycles. The fraction of sp³-hybridized carbons (Fsp3) is 0. The number of para-hydroxylation sites is 2. The third kappa shape index (κ3) is 5.06. The number of ketones is 1. The van der Waals surface area contributed by atoms with E-state index in [4.69, 9.17) is 0 Å². The Morgan fingerprint density at radius 1 is 0.649 bits per heavy atom. The summed E-state index contributed by atoms with van der Waals surface area (Å²) < 4.78 is 1.57. The molecule has 0 radical (unpaired) electrons. The largest absolute Gasteiger partial charge is 0.326 e. The van der Waals surface area contributed by atoms with Gasteiger partial charge in [0.2, 0.25) is 0 Å². The minimum absolute atomic E-state index is 0.103. The average Bonchev–Trinajstić information content (AvgIpc) is 3.35. The van der Waals surface area contributed by atoms with Crippen LogP contribution < -0.4 is 10.6 Å². The minimum Gasteiger partial charge on any atom is -0.308 e. The molecule has 1 aromatic heterocycles.